The van der Waals surface area contributed by atoms with Crippen LogP contribution >= 0.6 is 0 Å². The normalized spacial score (nSPS) is 13.3. The molecule has 4 heterocycles. The maximum Gasteiger partial charge on any atom is 0.124 e. The van der Waals surface area contributed by atoms with Crippen molar-refractivity contribution in [1.82, 2.24) is 19.9 Å². The number of fused-ring (bicyclic) bond motifs is 6. The van der Waals surface area contributed by atoms with Crippen molar-refractivity contribution >= 4 is 0 Å². The van der Waals surface area contributed by atoms with Gasteiger partial charge in [0, 0.05) is 50.1 Å². The zero-order valence-electron chi connectivity index (χ0n) is 61.8. The van der Waals surface area contributed by atoms with Crippen LogP contribution in [0.5, 0.6) is 11.5 Å². The summed E-state index contributed by atoms with van der Waals surface area (Å²) in [6.45, 7) is 27.2. The maximum atomic E-state index is 11.1. The van der Waals surface area contributed by atoms with Crippen LogP contribution in [-0.4, -0.2) is 30.1 Å². The molecule has 0 fully saturated rings. The second-order valence-electron chi connectivity index (χ2n) is 32.1. The van der Waals surface area contributed by atoms with Gasteiger partial charge in [0.15, 0.2) is 0 Å². The zero-order valence-corrected chi connectivity index (χ0v) is 64.1. The molecule has 0 bridgehead atoms. The van der Waals surface area contributed by atoms with Crippen molar-refractivity contribution in [3.8, 4) is 101 Å². The Bertz CT molecular complexity index is 5090. The van der Waals surface area contributed by atoms with E-state index in [4.69, 9.17) is 19.9 Å². The van der Waals surface area contributed by atoms with Crippen LogP contribution in [0.1, 0.15) is 150 Å². The van der Waals surface area contributed by atoms with Crippen LogP contribution in [-0.2, 0) is 53.6 Å². The Morgan fingerprint density at radius 3 is 1.04 bits per heavy atom. The van der Waals surface area contributed by atoms with Crippen molar-refractivity contribution in [3.05, 3.63) is 371 Å². The Morgan fingerprint density at radius 1 is 0.286 bits per heavy atom. The van der Waals surface area contributed by atoms with Crippen molar-refractivity contribution in [3.63, 3.8) is 0 Å². The fourth-order valence-electron chi connectivity index (χ4n) is 15.5. The average molecular weight is 1550 g/mol. The number of aromatic hydroxyl groups is 2. The van der Waals surface area contributed by atoms with Gasteiger partial charge in [0.05, 0.1) is 39.3 Å². The van der Waals surface area contributed by atoms with E-state index >= 15 is 0 Å². The monoisotopic (exact) mass is 1550 g/mol. The van der Waals surface area contributed by atoms with Gasteiger partial charge in [-0.05, 0) is 195 Å². The molecule has 0 amide bonds. The van der Waals surface area contributed by atoms with E-state index in [9.17, 15) is 10.2 Å². The smallest absolute Gasteiger partial charge is 0.124 e. The Morgan fingerprint density at radius 2 is 0.629 bits per heavy atom. The van der Waals surface area contributed by atoms with Crippen molar-refractivity contribution in [1.29, 1.82) is 0 Å². The molecule has 0 radical (unpaired) electrons. The first-order chi connectivity index (χ1) is 49.9. The number of phenolic OH excluding ortho intramolecular Hbond substituents is 2. The van der Waals surface area contributed by atoms with E-state index in [1.165, 1.54) is 66.8 Å². The van der Waals surface area contributed by atoms with Gasteiger partial charge in [-0.25, -0.2) is 4.98 Å². The number of phenols is 2. The molecule has 105 heavy (non-hydrogen) atoms. The topological polar surface area (TPSA) is 92.0 Å². The minimum Gasteiger partial charge on any atom is -0.507 e. The number of para-hydroxylation sites is 2. The summed E-state index contributed by atoms with van der Waals surface area (Å²) in [4.78, 5) is 20.6. The molecule has 2 aliphatic carbocycles. The van der Waals surface area contributed by atoms with Crippen LogP contribution in [0.2, 0.25) is 0 Å². The predicted octanol–water partition coefficient (Wildman–Crippen LogP) is 24.1. The minimum atomic E-state index is -0.675. The van der Waals surface area contributed by atoms with E-state index < -0.39 is 10.8 Å². The van der Waals surface area contributed by atoms with Crippen molar-refractivity contribution in [2.45, 2.75) is 116 Å². The fourth-order valence-corrected chi connectivity index (χ4v) is 15.5. The van der Waals surface area contributed by atoms with Gasteiger partial charge in [0.2, 0.25) is 0 Å². The summed E-state index contributed by atoms with van der Waals surface area (Å²) >= 11 is 0. The maximum absolute atomic E-state index is 11.1. The fraction of sp³-hybridized carbons (Fsp3) is 0.184. The Hall–Kier alpha value is -10.9. The molecule has 522 valence electrons. The summed E-state index contributed by atoms with van der Waals surface area (Å²) in [5.74, 6) is 0.405. The molecular formula is C98H87N4O2Pt-. The Labute approximate surface area is 634 Å². The standard InChI is InChI=1S/C49H44N2O.C49H43N2O.Pt/c2*1-47(2,3)36-27-33(28-37(31-36)48(4,5)6)34-29-43(51-44(30-34)40-20-9-12-23-45(40)52)32-16-15-17-35(26-32)49(46-24-13-14-25-50-46)41-21-10-7-18-38(41)39-19-8-11-22-42(39)49;/h7-31,52H,1-6H3;7-25,27-31,52H,1-6H3;/q;-1;. The predicted molar refractivity (Wildman–Crippen MR) is 428 cm³/mol. The van der Waals surface area contributed by atoms with Crippen LogP contribution in [0.4, 0.5) is 0 Å². The molecule has 4 aromatic heterocycles. The third-order valence-electron chi connectivity index (χ3n) is 21.1. The van der Waals surface area contributed by atoms with E-state index in [2.05, 4.69) is 314 Å². The molecule has 6 nitrogen and oxygen atoms in total. The summed E-state index contributed by atoms with van der Waals surface area (Å²) in [5.41, 5.74) is 28.1. The van der Waals surface area contributed by atoms with E-state index in [1.54, 1.807) is 12.1 Å². The molecule has 2 aliphatic rings. The molecule has 0 saturated heterocycles. The van der Waals surface area contributed by atoms with Crippen molar-refractivity contribution in [2.24, 2.45) is 0 Å². The molecule has 0 aliphatic heterocycles. The number of benzene rings is 10. The largest absolute Gasteiger partial charge is 0.507 e. The second kappa shape index (κ2) is 27.6. The first kappa shape index (κ1) is 71.1. The second-order valence-corrected chi connectivity index (χ2v) is 32.1. The van der Waals surface area contributed by atoms with Gasteiger partial charge in [0.25, 0.3) is 0 Å². The van der Waals surface area contributed by atoms with Crippen LogP contribution < -0.4 is 0 Å². The van der Waals surface area contributed by atoms with Gasteiger partial charge < -0.3 is 10.2 Å². The molecule has 0 unspecified atom stereocenters. The van der Waals surface area contributed by atoms with Gasteiger partial charge in [-0.1, -0.05) is 277 Å². The van der Waals surface area contributed by atoms with Gasteiger partial charge in [-0.2, -0.15) is 0 Å². The minimum absolute atomic E-state index is 0. The number of aromatic nitrogens is 4. The number of hydrogen-bond acceptors (Lipinski definition) is 6. The van der Waals surface area contributed by atoms with E-state index in [1.807, 2.05) is 60.9 Å². The first-order valence-electron chi connectivity index (χ1n) is 36.2. The van der Waals surface area contributed by atoms with E-state index in [0.717, 1.165) is 73.0 Å². The Kier molecular flexibility index (Phi) is 18.7. The summed E-state index contributed by atoms with van der Waals surface area (Å²) in [7, 11) is 0. The Balaban J connectivity index is 0.000000175. The van der Waals surface area contributed by atoms with Gasteiger partial charge in [-0.3, -0.25) is 15.0 Å². The molecule has 16 rings (SSSR count). The number of hydrogen-bond donors (Lipinski definition) is 2. The van der Waals surface area contributed by atoms with E-state index in [-0.39, 0.29) is 54.2 Å². The molecular weight excluding hydrogens is 1460 g/mol. The number of rotatable bonds is 10. The summed E-state index contributed by atoms with van der Waals surface area (Å²) in [6.07, 6.45) is 3.78. The molecule has 14 aromatic rings. The zero-order chi connectivity index (χ0) is 72.5. The summed E-state index contributed by atoms with van der Waals surface area (Å²) in [6, 6.07) is 104. The van der Waals surface area contributed by atoms with Gasteiger partial charge >= 0.3 is 0 Å². The quantitative estimate of drug-likeness (QED) is 0.133. The van der Waals surface area contributed by atoms with Crippen molar-refractivity contribution in [2.75, 3.05) is 0 Å². The number of nitrogens with zero attached hydrogens (tertiary/aromatic N) is 4. The summed E-state index contributed by atoms with van der Waals surface area (Å²) < 4.78 is 0. The van der Waals surface area contributed by atoms with Crippen LogP contribution in [0.15, 0.2) is 298 Å². The van der Waals surface area contributed by atoms with Crippen LogP contribution in [0, 0.1) is 6.07 Å². The third-order valence-corrected chi connectivity index (χ3v) is 21.1. The van der Waals surface area contributed by atoms with Gasteiger partial charge in [0.1, 0.15) is 11.5 Å². The molecule has 7 heteroatoms. The third kappa shape index (κ3) is 13.1. The van der Waals surface area contributed by atoms with Crippen LogP contribution in [0.25, 0.3) is 89.5 Å². The van der Waals surface area contributed by atoms with Crippen molar-refractivity contribution < 1.29 is 31.3 Å². The molecule has 10 aromatic carbocycles. The van der Waals surface area contributed by atoms with E-state index in [0.29, 0.717) is 16.8 Å². The average Bonchev–Trinajstić information content (AvgIpc) is 1.56. The van der Waals surface area contributed by atoms with Gasteiger partial charge in [-0.15, -0.1) is 35.4 Å². The number of pyridine rings is 4. The van der Waals surface area contributed by atoms with Crippen LogP contribution in [0.3, 0.4) is 0 Å². The first-order valence-corrected chi connectivity index (χ1v) is 36.2. The molecule has 0 saturated carbocycles. The molecule has 2 N–H and O–H groups in total. The SMILES string of the molecule is CC(C)(C)c1cc(-c2cc(-c3[c-]c(C4(c5ccccn5)c5ccccc5-c5ccccc54)ccc3)nc(-c3ccccc3O)c2)cc(C(C)(C)C)c1.CC(C)(C)c1cc(-c2cc(-c3cccc(C4(c5ccccn5)c5ccccc5-c5ccccc54)c3)nc(-c3ccccc3O)c2)cc(C(C)(C)C)c1.[Pt]. The molecule has 0 atom stereocenters. The summed E-state index contributed by atoms with van der Waals surface area (Å²) in [5, 5.41) is 22.1. The molecule has 0 spiro atoms.